The van der Waals surface area contributed by atoms with E-state index in [0.29, 0.717) is 5.92 Å². The quantitative estimate of drug-likeness (QED) is 0.233. The number of fused-ring (bicyclic) bond motifs is 3. The molecule has 0 N–H and O–H groups in total. The van der Waals surface area contributed by atoms with Crippen molar-refractivity contribution in [2.75, 3.05) is 0 Å². The molecule has 3 aromatic carbocycles. The molecule has 0 nitrogen and oxygen atoms in total. The summed E-state index contributed by atoms with van der Waals surface area (Å²) in [7, 11) is 0. The van der Waals surface area contributed by atoms with E-state index in [1.165, 1.54) is 39.0 Å². The molecule has 1 atom stereocenters. The van der Waals surface area contributed by atoms with E-state index in [2.05, 4.69) is 135 Å². The Bertz CT molecular complexity index is 1460. The van der Waals surface area contributed by atoms with Gasteiger partial charge < -0.3 is 0 Å². The fourth-order valence-electron chi connectivity index (χ4n) is 5.93. The van der Waals surface area contributed by atoms with Gasteiger partial charge in [-0.1, -0.05) is 0 Å². The molecule has 0 aromatic heterocycles. The molecule has 1 heteroatoms. The Kier molecular flexibility index (Phi) is 6.86. The number of benzene rings is 3. The molecule has 0 saturated heterocycles. The average molecular weight is 566 g/mol. The van der Waals surface area contributed by atoms with E-state index in [1.54, 1.807) is 15.3 Å². The van der Waals surface area contributed by atoms with Crippen LogP contribution in [0.5, 0.6) is 0 Å². The molecule has 2 aliphatic carbocycles. The van der Waals surface area contributed by atoms with Crippen molar-refractivity contribution in [1.29, 1.82) is 0 Å². The van der Waals surface area contributed by atoms with Crippen LogP contribution in [0.2, 0.25) is 0 Å². The molecule has 0 aliphatic heterocycles. The number of hydrogen-bond donors (Lipinski definition) is 0. The third-order valence-corrected chi connectivity index (χ3v) is 15.9. The van der Waals surface area contributed by atoms with E-state index in [4.69, 9.17) is 0 Å². The van der Waals surface area contributed by atoms with Crippen LogP contribution >= 0.6 is 0 Å². The Morgan fingerprint density at radius 1 is 0.784 bits per heavy atom. The summed E-state index contributed by atoms with van der Waals surface area (Å²) in [5.41, 5.74) is 12.0. The first-order chi connectivity index (χ1) is 17.3. The van der Waals surface area contributed by atoms with E-state index in [1.807, 2.05) is 0 Å². The second-order valence-corrected chi connectivity index (χ2v) is 20.4. The Morgan fingerprint density at radius 3 is 2.05 bits per heavy atom. The van der Waals surface area contributed by atoms with Crippen molar-refractivity contribution in [2.45, 2.75) is 79.6 Å². The predicted molar refractivity (Wildman–Crippen MR) is 160 cm³/mol. The van der Waals surface area contributed by atoms with E-state index in [-0.39, 0.29) is 10.8 Å². The first-order valence-electron chi connectivity index (χ1n) is 13.8. The molecule has 37 heavy (non-hydrogen) atoms. The van der Waals surface area contributed by atoms with E-state index >= 15 is 0 Å². The molecule has 2 aliphatic rings. The van der Waals surface area contributed by atoms with Crippen LogP contribution in [0.4, 0.5) is 0 Å². The van der Waals surface area contributed by atoms with Gasteiger partial charge in [-0.15, -0.1) is 0 Å². The van der Waals surface area contributed by atoms with Crippen molar-refractivity contribution < 1.29 is 21.3 Å². The van der Waals surface area contributed by atoms with Gasteiger partial charge in [-0.25, -0.2) is 0 Å². The van der Waals surface area contributed by atoms with E-state index < -0.39 is 21.3 Å². The SMILES string of the molecule is C[C](C)=[Zr]([C]1=CC(c2ccccc2)=CC1C)[c]1cc(C(C)(C)C)cc2c1Cc1ccc(C(C)(C)C)cc1-2. The molecule has 5 rings (SSSR count). The van der Waals surface area contributed by atoms with Crippen molar-refractivity contribution in [2.24, 2.45) is 5.92 Å². The first kappa shape index (κ1) is 26.5. The Labute approximate surface area is 232 Å². The number of hydrogen-bond acceptors (Lipinski definition) is 0. The fourth-order valence-corrected chi connectivity index (χ4v) is 13.5. The van der Waals surface area contributed by atoms with Gasteiger partial charge in [0, 0.05) is 0 Å². The summed E-state index contributed by atoms with van der Waals surface area (Å²) in [6.45, 7) is 21.4. The van der Waals surface area contributed by atoms with E-state index in [9.17, 15) is 0 Å². The topological polar surface area (TPSA) is 0 Å². The molecule has 0 amide bonds. The number of allylic oxidation sites excluding steroid dienone is 4. The molecule has 0 bridgehead atoms. The van der Waals surface area contributed by atoms with Crippen LogP contribution in [0.3, 0.4) is 0 Å². The summed E-state index contributed by atoms with van der Waals surface area (Å²) in [5, 5.41) is 0. The van der Waals surface area contributed by atoms with Gasteiger partial charge in [-0.2, -0.15) is 0 Å². The minimum atomic E-state index is -2.30. The molecular formula is C36H42Zr. The summed E-state index contributed by atoms with van der Waals surface area (Å²) in [6, 6.07) is 23.4. The van der Waals surface area contributed by atoms with Gasteiger partial charge in [0.1, 0.15) is 0 Å². The van der Waals surface area contributed by atoms with Gasteiger partial charge in [-0.3, -0.25) is 0 Å². The maximum absolute atomic E-state index is 2.63. The van der Waals surface area contributed by atoms with Crippen LogP contribution in [0, 0.1) is 5.92 Å². The summed E-state index contributed by atoms with van der Waals surface area (Å²) in [6.07, 6.45) is 6.15. The molecule has 0 spiro atoms. The summed E-state index contributed by atoms with van der Waals surface area (Å²) in [4.78, 5) is 0. The minimum absolute atomic E-state index is 0.118. The van der Waals surface area contributed by atoms with Crippen LogP contribution in [-0.2, 0) is 38.5 Å². The molecule has 0 radical (unpaired) electrons. The second-order valence-electron chi connectivity index (χ2n) is 13.4. The Morgan fingerprint density at radius 2 is 1.43 bits per heavy atom. The Hall–Kier alpha value is -2.11. The monoisotopic (exact) mass is 564 g/mol. The van der Waals surface area contributed by atoms with Gasteiger partial charge in [0.25, 0.3) is 0 Å². The van der Waals surface area contributed by atoms with Crippen molar-refractivity contribution in [3.05, 3.63) is 104 Å². The zero-order valence-electron chi connectivity index (χ0n) is 24.2. The van der Waals surface area contributed by atoms with Gasteiger partial charge in [0.15, 0.2) is 0 Å². The third kappa shape index (κ3) is 5.02. The summed E-state index contributed by atoms with van der Waals surface area (Å²) >= 11 is -2.30. The molecule has 1 unspecified atom stereocenters. The molecule has 0 heterocycles. The molecule has 0 saturated carbocycles. The van der Waals surface area contributed by atoms with Crippen molar-refractivity contribution in [1.82, 2.24) is 0 Å². The van der Waals surface area contributed by atoms with Crippen LogP contribution in [0.25, 0.3) is 16.7 Å². The summed E-state index contributed by atoms with van der Waals surface area (Å²) < 4.78 is 5.10. The Balaban J connectivity index is 1.71. The standard InChI is InChI=1S/C21H25.C12H11.C3H6.Zr/c1-20(2,3)16-9-7-14-11-15-8-10-17(21(4,5)6)13-19(15)18(14)12-16;1-10-7-8-12(9-10)11-5-3-2-4-6-11;1-3-2;/h7,9-10,12-13H,11H2,1-6H3;2-6,8-10H,1H3;1-2H3;. The van der Waals surface area contributed by atoms with Crippen LogP contribution in [0.15, 0.2) is 76.1 Å². The summed E-state index contributed by atoms with van der Waals surface area (Å²) in [5.74, 6) is 0.504. The zero-order valence-corrected chi connectivity index (χ0v) is 26.7. The first-order valence-corrected chi connectivity index (χ1v) is 17.5. The fraction of sp³-hybridized carbons (Fsp3) is 0.361. The van der Waals surface area contributed by atoms with Crippen LogP contribution in [-0.4, -0.2) is 3.21 Å². The molecule has 0 fully saturated rings. The van der Waals surface area contributed by atoms with Crippen molar-refractivity contribution in [3.8, 4) is 11.1 Å². The van der Waals surface area contributed by atoms with Crippen molar-refractivity contribution in [3.63, 3.8) is 0 Å². The van der Waals surface area contributed by atoms with Gasteiger partial charge in [-0.05, 0) is 0 Å². The normalized spacial score (nSPS) is 16.7. The second kappa shape index (κ2) is 9.57. The van der Waals surface area contributed by atoms with E-state index in [0.717, 1.165) is 6.42 Å². The van der Waals surface area contributed by atoms with Gasteiger partial charge in [0.2, 0.25) is 0 Å². The zero-order chi connectivity index (χ0) is 26.7. The molecule has 190 valence electrons. The molecule has 3 aromatic rings. The number of rotatable bonds is 3. The van der Waals surface area contributed by atoms with Crippen molar-refractivity contribution >= 4 is 12.1 Å². The predicted octanol–water partition coefficient (Wildman–Crippen LogP) is 8.93. The third-order valence-electron chi connectivity index (χ3n) is 8.15. The average Bonchev–Trinajstić information content (AvgIpc) is 3.39. The van der Waals surface area contributed by atoms with Gasteiger partial charge >= 0.3 is 234 Å². The van der Waals surface area contributed by atoms with Crippen LogP contribution < -0.4 is 3.27 Å². The molecular weight excluding hydrogens is 524 g/mol. The maximum atomic E-state index is 2.63. The van der Waals surface area contributed by atoms with Gasteiger partial charge in [0.05, 0.1) is 0 Å². The van der Waals surface area contributed by atoms with Crippen LogP contribution in [0.1, 0.15) is 90.1 Å².